The standard InChI is InChI=1S/C15H16N2O4/c1-3-8-20-15(19)11-4-6-12(7-5-11)17-14(18)13-10(2)9-16-21-13/h4-7,9H,3,8H2,1-2H3,(H,17,18). The summed E-state index contributed by atoms with van der Waals surface area (Å²) in [7, 11) is 0. The van der Waals surface area contributed by atoms with E-state index in [1.54, 1.807) is 31.2 Å². The van der Waals surface area contributed by atoms with Gasteiger partial charge in [-0.2, -0.15) is 0 Å². The number of carbonyl (C=O) groups excluding carboxylic acids is 2. The van der Waals surface area contributed by atoms with Gasteiger partial charge in [-0.1, -0.05) is 12.1 Å². The molecule has 110 valence electrons. The molecule has 6 heteroatoms. The normalized spacial score (nSPS) is 10.2. The average Bonchev–Trinajstić information content (AvgIpc) is 2.91. The molecule has 0 saturated carbocycles. The SMILES string of the molecule is CCCOC(=O)c1ccc(NC(=O)c2oncc2C)cc1. The average molecular weight is 288 g/mol. The minimum absolute atomic E-state index is 0.168. The molecule has 0 aliphatic rings. The first kappa shape index (κ1) is 14.8. The molecule has 0 spiro atoms. The summed E-state index contributed by atoms with van der Waals surface area (Å²) in [6, 6.07) is 6.46. The van der Waals surface area contributed by atoms with Gasteiger partial charge in [-0.3, -0.25) is 4.79 Å². The number of ether oxygens (including phenoxy) is 1. The lowest BCUT2D eigenvalue weighted by molar-refractivity contribution is 0.0505. The maximum absolute atomic E-state index is 11.9. The number of esters is 1. The maximum atomic E-state index is 11.9. The van der Waals surface area contributed by atoms with Crippen molar-refractivity contribution in [2.45, 2.75) is 20.3 Å². The van der Waals surface area contributed by atoms with E-state index in [0.29, 0.717) is 23.4 Å². The van der Waals surface area contributed by atoms with Gasteiger partial charge in [0.2, 0.25) is 5.76 Å². The monoisotopic (exact) mass is 288 g/mol. The Bertz CT molecular complexity index is 631. The van der Waals surface area contributed by atoms with Crippen LogP contribution in [-0.2, 0) is 4.74 Å². The Morgan fingerprint density at radius 1 is 1.29 bits per heavy atom. The van der Waals surface area contributed by atoms with Crippen LogP contribution in [0.15, 0.2) is 35.0 Å². The van der Waals surface area contributed by atoms with Crippen molar-refractivity contribution < 1.29 is 18.8 Å². The van der Waals surface area contributed by atoms with Crippen molar-refractivity contribution in [2.24, 2.45) is 0 Å². The van der Waals surface area contributed by atoms with Crippen molar-refractivity contribution in [3.8, 4) is 0 Å². The molecule has 1 aromatic carbocycles. The Morgan fingerprint density at radius 3 is 2.57 bits per heavy atom. The van der Waals surface area contributed by atoms with Gasteiger partial charge in [0, 0.05) is 11.3 Å². The van der Waals surface area contributed by atoms with Crippen LogP contribution in [0.4, 0.5) is 5.69 Å². The first-order valence-electron chi connectivity index (χ1n) is 6.61. The van der Waals surface area contributed by atoms with E-state index >= 15 is 0 Å². The second-order valence-corrected chi connectivity index (χ2v) is 4.51. The number of amides is 1. The molecule has 21 heavy (non-hydrogen) atoms. The molecule has 0 fully saturated rings. The topological polar surface area (TPSA) is 81.4 Å². The zero-order valence-electron chi connectivity index (χ0n) is 11.9. The van der Waals surface area contributed by atoms with Crippen molar-refractivity contribution in [1.82, 2.24) is 5.16 Å². The third-order valence-corrected chi connectivity index (χ3v) is 2.77. The van der Waals surface area contributed by atoms with Gasteiger partial charge in [0.15, 0.2) is 0 Å². The molecular formula is C15H16N2O4. The molecule has 1 amide bonds. The third-order valence-electron chi connectivity index (χ3n) is 2.77. The summed E-state index contributed by atoms with van der Waals surface area (Å²) in [5, 5.41) is 6.22. The van der Waals surface area contributed by atoms with E-state index in [2.05, 4.69) is 10.5 Å². The fraction of sp³-hybridized carbons (Fsp3) is 0.267. The van der Waals surface area contributed by atoms with Crippen LogP contribution >= 0.6 is 0 Å². The first-order valence-corrected chi connectivity index (χ1v) is 6.61. The van der Waals surface area contributed by atoms with Crippen molar-refractivity contribution in [2.75, 3.05) is 11.9 Å². The number of rotatable bonds is 5. The van der Waals surface area contributed by atoms with E-state index in [-0.39, 0.29) is 17.6 Å². The first-order chi connectivity index (χ1) is 10.1. The molecule has 0 bridgehead atoms. The van der Waals surface area contributed by atoms with Gasteiger partial charge >= 0.3 is 5.97 Å². The van der Waals surface area contributed by atoms with Crippen LogP contribution in [0.1, 0.15) is 39.8 Å². The van der Waals surface area contributed by atoms with Crippen LogP contribution in [0.2, 0.25) is 0 Å². The second kappa shape index (κ2) is 6.69. The van der Waals surface area contributed by atoms with E-state index in [1.165, 1.54) is 6.20 Å². The smallest absolute Gasteiger partial charge is 0.338 e. The molecule has 1 heterocycles. The number of anilines is 1. The Kier molecular flexibility index (Phi) is 4.71. The summed E-state index contributed by atoms with van der Waals surface area (Å²) >= 11 is 0. The highest BCUT2D eigenvalue weighted by molar-refractivity contribution is 6.03. The van der Waals surface area contributed by atoms with Gasteiger partial charge < -0.3 is 14.6 Å². The van der Waals surface area contributed by atoms with Crippen LogP contribution in [-0.4, -0.2) is 23.6 Å². The highest BCUT2D eigenvalue weighted by Gasteiger charge is 2.14. The highest BCUT2D eigenvalue weighted by atomic mass is 16.5. The molecule has 0 radical (unpaired) electrons. The number of aromatic nitrogens is 1. The van der Waals surface area contributed by atoms with Gasteiger partial charge in [-0.25, -0.2) is 4.79 Å². The number of nitrogens with one attached hydrogen (secondary N) is 1. The summed E-state index contributed by atoms with van der Waals surface area (Å²) in [5.41, 5.74) is 1.66. The molecule has 0 saturated heterocycles. The van der Waals surface area contributed by atoms with Crippen molar-refractivity contribution in [1.29, 1.82) is 0 Å². The summed E-state index contributed by atoms with van der Waals surface area (Å²) in [6.07, 6.45) is 2.25. The molecule has 0 atom stereocenters. The molecule has 0 unspecified atom stereocenters. The molecule has 1 aromatic heterocycles. The van der Waals surface area contributed by atoms with Gasteiger partial charge in [0.25, 0.3) is 5.91 Å². The zero-order valence-corrected chi connectivity index (χ0v) is 11.9. The third kappa shape index (κ3) is 3.68. The van der Waals surface area contributed by atoms with Gasteiger partial charge in [-0.15, -0.1) is 0 Å². The minimum Gasteiger partial charge on any atom is -0.462 e. The predicted octanol–water partition coefficient (Wildman–Crippen LogP) is 2.80. The lowest BCUT2D eigenvalue weighted by Gasteiger charge is -2.05. The van der Waals surface area contributed by atoms with Crippen LogP contribution in [0.5, 0.6) is 0 Å². The Balaban J connectivity index is 2.01. The quantitative estimate of drug-likeness (QED) is 0.855. The summed E-state index contributed by atoms with van der Waals surface area (Å²) in [4.78, 5) is 23.6. The lowest BCUT2D eigenvalue weighted by atomic mass is 10.2. The van der Waals surface area contributed by atoms with Crippen LogP contribution in [0, 0.1) is 6.92 Å². The Morgan fingerprint density at radius 2 is 2.00 bits per heavy atom. The summed E-state index contributed by atoms with van der Waals surface area (Å²) < 4.78 is 9.89. The molecule has 2 aromatic rings. The molecule has 0 aliphatic carbocycles. The number of hydrogen-bond donors (Lipinski definition) is 1. The molecule has 2 rings (SSSR count). The second-order valence-electron chi connectivity index (χ2n) is 4.51. The van der Waals surface area contributed by atoms with Crippen LogP contribution in [0.3, 0.4) is 0 Å². The van der Waals surface area contributed by atoms with E-state index < -0.39 is 0 Å². The fourth-order valence-electron chi connectivity index (χ4n) is 1.66. The van der Waals surface area contributed by atoms with E-state index in [9.17, 15) is 9.59 Å². The van der Waals surface area contributed by atoms with Crippen molar-refractivity contribution in [3.05, 3.63) is 47.3 Å². The van der Waals surface area contributed by atoms with E-state index in [0.717, 1.165) is 6.42 Å². The fourth-order valence-corrected chi connectivity index (χ4v) is 1.66. The number of aryl methyl sites for hydroxylation is 1. The zero-order chi connectivity index (χ0) is 15.2. The maximum Gasteiger partial charge on any atom is 0.338 e. The van der Waals surface area contributed by atoms with Crippen molar-refractivity contribution >= 4 is 17.6 Å². The molecular weight excluding hydrogens is 272 g/mol. The Labute approximate surface area is 122 Å². The minimum atomic E-state index is -0.383. The largest absolute Gasteiger partial charge is 0.462 e. The number of carbonyl (C=O) groups is 2. The van der Waals surface area contributed by atoms with Gasteiger partial charge in [-0.05, 0) is 37.6 Å². The summed E-state index contributed by atoms with van der Waals surface area (Å²) in [6.45, 7) is 4.05. The predicted molar refractivity (Wildman–Crippen MR) is 76.2 cm³/mol. The van der Waals surface area contributed by atoms with E-state index in [1.807, 2.05) is 6.92 Å². The van der Waals surface area contributed by atoms with Gasteiger partial charge in [0.05, 0.1) is 18.4 Å². The van der Waals surface area contributed by atoms with Crippen LogP contribution < -0.4 is 5.32 Å². The van der Waals surface area contributed by atoms with Crippen LogP contribution in [0.25, 0.3) is 0 Å². The molecule has 0 aliphatic heterocycles. The number of benzene rings is 1. The Hall–Kier alpha value is -2.63. The molecule has 1 N–H and O–H groups in total. The van der Waals surface area contributed by atoms with Gasteiger partial charge in [0.1, 0.15) is 0 Å². The number of nitrogens with zero attached hydrogens (tertiary/aromatic N) is 1. The summed E-state index contributed by atoms with van der Waals surface area (Å²) in [5.74, 6) is -0.589. The number of hydrogen-bond acceptors (Lipinski definition) is 5. The molecule has 6 nitrogen and oxygen atoms in total. The lowest BCUT2D eigenvalue weighted by Crippen LogP contribution is -2.12. The van der Waals surface area contributed by atoms with Crippen molar-refractivity contribution in [3.63, 3.8) is 0 Å². The van der Waals surface area contributed by atoms with E-state index in [4.69, 9.17) is 9.26 Å². The highest BCUT2D eigenvalue weighted by Crippen LogP contribution is 2.13.